The van der Waals surface area contributed by atoms with Gasteiger partial charge in [-0.15, -0.1) is 0 Å². The van der Waals surface area contributed by atoms with Gasteiger partial charge >= 0.3 is 0 Å². The van der Waals surface area contributed by atoms with E-state index in [1.165, 1.54) is 17.3 Å². The highest BCUT2D eigenvalue weighted by Gasteiger charge is 2.24. The lowest BCUT2D eigenvalue weighted by Gasteiger charge is -2.28. The number of aryl methyl sites for hydroxylation is 2. The van der Waals surface area contributed by atoms with Gasteiger partial charge in [-0.2, -0.15) is 0 Å². The lowest BCUT2D eigenvalue weighted by Crippen LogP contribution is -2.37. The molecule has 1 amide bonds. The zero-order valence-corrected chi connectivity index (χ0v) is 14.7. The van der Waals surface area contributed by atoms with Gasteiger partial charge in [0.15, 0.2) is 0 Å². The number of nitrogens with one attached hydrogen (secondary N) is 1. The monoisotopic (exact) mass is 338 g/mol. The van der Waals surface area contributed by atoms with Crippen LogP contribution < -0.4 is 5.32 Å². The van der Waals surface area contributed by atoms with Crippen molar-refractivity contribution in [2.45, 2.75) is 57.4 Å². The van der Waals surface area contributed by atoms with Crippen LogP contribution in [0.3, 0.4) is 0 Å². The summed E-state index contributed by atoms with van der Waals surface area (Å²) in [5, 5.41) is 12.5. The molecular formula is C21H26N2O2. The standard InChI is InChI=1S/C21H26N2O2/c1-15-4-2-3-5-16(15)8-13-21(25)23-18-9-6-17(7-10-18)20-12-11-19(24)14-22-20/h2-5,11-12,14,17-18,24H,6-10,13H2,1H3,(H,23,25). The van der Waals surface area contributed by atoms with Crippen molar-refractivity contribution in [3.05, 3.63) is 59.4 Å². The van der Waals surface area contributed by atoms with Crippen LogP contribution in [0.2, 0.25) is 0 Å². The van der Waals surface area contributed by atoms with Crippen molar-refractivity contribution in [3.8, 4) is 5.75 Å². The average Bonchev–Trinajstić information content (AvgIpc) is 2.62. The fourth-order valence-electron chi connectivity index (χ4n) is 3.61. The van der Waals surface area contributed by atoms with E-state index in [4.69, 9.17) is 0 Å². The van der Waals surface area contributed by atoms with Gasteiger partial charge in [0.1, 0.15) is 5.75 Å². The van der Waals surface area contributed by atoms with E-state index in [0.29, 0.717) is 12.3 Å². The second-order valence-corrected chi connectivity index (χ2v) is 6.98. The zero-order valence-electron chi connectivity index (χ0n) is 14.7. The second kappa shape index (κ2) is 8.15. The Kier molecular flexibility index (Phi) is 5.69. The number of nitrogens with zero attached hydrogens (tertiary/aromatic N) is 1. The Morgan fingerprint density at radius 3 is 2.60 bits per heavy atom. The molecule has 0 atom stereocenters. The predicted octanol–water partition coefficient (Wildman–Crippen LogP) is 3.87. The largest absolute Gasteiger partial charge is 0.506 e. The molecule has 0 unspecified atom stereocenters. The van der Waals surface area contributed by atoms with Gasteiger partial charge in [0.25, 0.3) is 0 Å². The van der Waals surface area contributed by atoms with E-state index in [1.54, 1.807) is 6.07 Å². The second-order valence-electron chi connectivity index (χ2n) is 6.98. The SMILES string of the molecule is Cc1ccccc1CCC(=O)NC1CCC(c2ccc(O)cn2)CC1. The minimum absolute atomic E-state index is 0.148. The van der Waals surface area contributed by atoms with Crippen molar-refractivity contribution in [3.63, 3.8) is 0 Å². The molecule has 0 bridgehead atoms. The zero-order chi connectivity index (χ0) is 17.6. The maximum Gasteiger partial charge on any atom is 0.220 e. The molecule has 4 heteroatoms. The first-order valence-electron chi connectivity index (χ1n) is 9.10. The third kappa shape index (κ3) is 4.81. The highest BCUT2D eigenvalue weighted by molar-refractivity contribution is 5.76. The van der Waals surface area contributed by atoms with Gasteiger partial charge in [-0.1, -0.05) is 24.3 Å². The Bertz CT molecular complexity index is 704. The molecule has 0 spiro atoms. The van der Waals surface area contributed by atoms with Gasteiger partial charge in [0.2, 0.25) is 5.91 Å². The molecule has 1 fully saturated rings. The first-order valence-corrected chi connectivity index (χ1v) is 9.10. The quantitative estimate of drug-likeness (QED) is 0.870. The van der Waals surface area contributed by atoms with Crippen LogP contribution in [0.1, 0.15) is 54.8 Å². The van der Waals surface area contributed by atoms with Crippen LogP contribution in [0.25, 0.3) is 0 Å². The number of carbonyl (C=O) groups is 1. The summed E-state index contributed by atoms with van der Waals surface area (Å²) in [5.74, 6) is 0.786. The molecule has 1 aromatic carbocycles. The van der Waals surface area contributed by atoms with Crippen molar-refractivity contribution in [1.29, 1.82) is 0 Å². The van der Waals surface area contributed by atoms with Gasteiger partial charge < -0.3 is 10.4 Å². The van der Waals surface area contributed by atoms with E-state index in [1.807, 2.05) is 18.2 Å². The van der Waals surface area contributed by atoms with Crippen molar-refractivity contribution in [2.75, 3.05) is 0 Å². The molecule has 1 heterocycles. The van der Waals surface area contributed by atoms with Gasteiger partial charge in [-0.25, -0.2) is 0 Å². The van der Waals surface area contributed by atoms with Crippen LogP contribution in [0.4, 0.5) is 0 Å². The van der Waals surface area contributed by atoms with Crippen molar-refractivity contribution >= 4 is 5.91 Å². The molecule has 1 aliphatic carbocycles. The van der Waals surface area contributed by atoms with Crippen LogP contribution >= 0.6 is 0 Å². The number of amides is 1. The first-order chi connectivity index (χ1) is 12.1. The molecule has 4 nitrogen and oxygen atoms in total. The molecule has 0 saturated heterocycles. The number of aromatic nitrogens is 1. The van der Waals surface area contributed by atoms with E-state index in [-0.39, 0.29) is 17.7 Å². The highest BCUT2D eigenvalue weighted by atomic mass is 16.3. The summed E-state index contributed by atoms with van der Waals surface area (Å²) in [4.78, 5) is 16.6. The Morgan fingerprint density at radius 1 is 1.16 bits per heavy atom. The molecule has 1 aliphatic rings. The lowest BCUT2D eigenvalue weighted by atomic mass is 9.84. The molecule has 2 N–H and O–H groups in total. The molecule has 2 aromatic rings. The molecule has 1 aromatic heterocycles. The van der Waals surface area contributed by atoms with Gasteiger partial charge in [0, 0.05) is 24.1 Å². The molecule has 1 saturated carbocycles. The smallest absolute Gasteiger partial charge is 0.220 e. The summed E-state index contributed by atoms with van der Waals surface area (Å²) in [6.45, 7) is 2.09. The fourth-order valence-corrected chi connectivity index (χ4v) is 3.61. The maximum atomic E-state index is 12.2. The number of carbonyl (C=O) groups excluding carboxylic acids is 1. The molecule has 0 radical (unpaired) electrons. The summed E-state index contributed by atoms with van der Waals surface area (Å²) in [6.07, 6.45) is 6.89. The Labute approximate surface area is 149 Å². The number of pyridine rings is 1. The normalized spacial score (nSPS) is 20.2. The number of aromatic hydroxyl groups is 1. The minimum Gasteiger partial charge on any atom is -0.506 e. The molecular weight excluding hydrogens is 312 g/mol. The first kappa shape index (κ1) is 17.5. The lowest BCUT2D eigenvalue weighted by molar-refractivity contribution is -0.122. The third-order valence-corrected chi connectivity index (χ3v) is 5.16. The highest BCUT2D eigenvalue weighted by Crippen LogP contribution is 2.32. The topological polar surface area (TPSA) is 62.2 Å². The average molecular weight is 338 g/mol. The van der Waals surface area contributed by atoms with Crippen LogP contribution in [-0.4, -0.2) is 22.0 Å². The molecule has 3 rings (SSSR count). The van der Waals surface area contributed by atoms with Gasteiger partial charge in [0.05, 0.1) is 6.20 Å². The van der Waals surface area contributed by atoms with Crippen LogP contribution in [0.5, 0.6) is 5.75 Å². The summed E-state index contributed by atoms with van der Waals surface area (Å²) in [5.41, 5.74) is 3.54. The fraction of sp³-hybridized carbons (Fsp3) is 0.429. The van der Waals surface area contributed by atoms with Gasteiger partial charge in [-0.3, -0.25) is 9.78 Å². The number of hydrogen-bond acceptors (Lipinski definition) is 3. The van der Waals surface area contributed by atoms with Crippen molar-refractivity contribution < 1.29 is 9.90 Å². The molecule has 25 heavy (non-hydrogen) atoms. The summed E-state index contributed by atoms with van der Waals surface area (Å²) in [7, 11) is 0. The summed E-state index contributed by atoms with van der Waals surface area (Å²) in [6, 6.07) is 12.1. The van der Waals surface area contributed by atoms with Crippen LogP contribution in [0, 0.1) is 6.92 Å². The Morgan fingerprint density at radius 2 is 1.92 bits per heavy atom. The van der Waals surface area contributed by atoms with Gasteiger partial charge in [-0.05, 0) is 62.3 Å². The maximum absolute atomic E-state index is 12.2. The molecule has 132 valence electrons. The van der Waals surface area contributed by atoms with E-state index in [9.17, 15) is 9.90 Å². The van der Waals surface area contributed by atoms with Crippen molar-refractivity contribution in [2.24, 2.45) is 0 Å². The van der Waals surface area contributed by atoms with Crippen molar-refractivity contribution in [1.82, 2.24) is 10.3 Å². The van der Waals surface area contributed by atoms with E-state index < -0.39 is 0 Å². The van der Waals surface area contributed by atoms with E-state index in [2.05, 4.69) is 29.4 Å². The summed E-state index contributed by atoms with van der Waals surface area (Å²) >= 11 is 0. The number of rotatable bonds is 5. The number of hydrogen-bond donors (Lipinski definition) is 2. The Hall–Kier alpha value is -2.36. The number of benzene rings is 1. The van der Waals surface area contributed by atoms with Crippen LogP contribution in [-0.2, 0) is 11.2 Å². The predicted molar refractivity (Wildman–Crippen MR) is 98.5 cm³/mol. The minimum atomic E-state index is 0.148. The van der Waals surface area contributed by atoms with Crippen LogP contribution in [0.15, 0.2) is 42.6 Å². The Balaban J connectivity index is 1.43. The third-order valence-electron chi connectivity index (χ3n) is 5.16. The molecule has 0 aliphatic heterocycles. The van der Waals surface area contributed by atoms with E-state index in [0.717, 1.165) is 37.8 Å². The summed E-state index contributed by atoms with van der Waals surface area (Å²) < 4.78 is 0. The van der Waals surface area contributed by atoms with E-state index >= 15 is 0 Å².